The van der Waals surface area contributed by atoms with Gasteiger partial charge >= 0.3 is 0 Å². The second-order valence-corrected chi connectivity index (χ2v) is 11.9. The summed E-state index contributed by atoms with van der Waals surface area (Å²) in [5.74, 6) is 0.349. The first-order valence-electron chi connectivity index (χ1n) is 12.3. The van der Waals surface area contributed by atoms with Crippen molar-refractivity contribution < 1.29 is 22.3 Å². The summed E-state index contributed by atoms with van der Waals surface area (Å²) < 4.78 is 47.6. The van der Waals surface area contributed by atoms with Crippen LogP contribution in [0.25, 0.3) is 0 Å². The van der Waals surface area contributed by atoms with Crippen molar-refractivity contribution in [3.8, 4) is 5.75 Å². The average Bonchev–Trinajstić information content (AvgIpc) is 3.25. The fourth-order valence-electron chi connectivity index (χ4n) is 4.93. The fourth-order valence-corrected chi connectivity index (χ4v) is 5.58. The molecule has 10 nitrogen and oxygen atoms in total. The number of hydrogen-bond acceptors (Lipinski definition) is 7. The minimum Gasteiger partial charge on any atom is -0.481 e. The summed E-state index contributed by atoms with van der Waals surface area (Å²) in [4.78, 5) is 28.4. The number of pyridine rings is 2. The molecule has 2 aliphatic rings. The monoisotopic (exact) mass is 562 g/mol. The Hall–Kier alpha value is -3.25. The Bertz CT molecular complexity index is 1510. The van der Waals surface area contributed by atoms with Gasteiger partial charge < -0.3 is 14.2 Å². The number of aromatic nitrogens is 4. The first-order chi connectivity index (χ1) is 18.0. The van der Waals surface area contributed by atoms with Crippen molar-refractivity contribution in [1.29, 1.82) is 0 Å². The standard InChI is InChI=1S/C25H28ClFN6O4S/c1-15-12-16(27)22(28-13-15)24-23-17(29-20-6-4-5-10-32(20)23)9-11-33(24)21(34)14-37-18-7-8-19(30-25(18)26)31(2)38(3,35)36/h7-8,12-13,24H,4-6,9-11,14H2,1-3H3. The highest BCUT2D eigenvalue weighted by atomic mass is 35.5. The number of rotatable bonds is 6. The summed E-state index contributed by atoms with van der Waals surface area (Å²) in [5.41, 5.74) is 2.54. The number of nitrogens with zero attached hydrogens (tertiary/aromatic N) is 6. The lowest BCUT2D eigenvalue weighted by Crippen LogP contribution is -2.44. The van der Waals surface area contributed by atoms with Crippen LogP contribution in [-0.2, 0) is 34.2 Å². The van der Waals surface area contributed by atoms with Gasteiger partial charge in [0.2, 0.25) is 10.0 Å². The van der Waals surface area contributed by atoms with Crippen LogP contribution >= 0.6 is 11.6 Å². The number of halogens is 2. The van der Waals surface area contributed by atoms with E-state index >= 15 is 4.39 Å². The lowest BCUT2D eigenvalue weighted by Gasteiger charge is -2.36. The third-order valence-corrected chi connectivity index (χ3v) is 8.36. The minimum absolute atomic E-state index is 0.0839. The fraction of sp³-hybridized carbons (Fsp3) is 0.440. The van der Waals surface area contributed by atoms with Crippen LogP contribution in [-0.4, -0.2) is 65.2 Å². The first-order valence-corrected chi connectivity index (χ1v) is 14.5. The summed E-state index contributed by atoms with van der Waals surface area (Å²) >= 11 is 6.23. The molecule has 0 aliphatic carbocycles. The maximum absolute atomic E-state index is 15.3. The van der Waals surface area contributed by atoms with E-state index in [2.05, 4.69) is 14.5 Å². The van der Waals surface area contributed by atoms with E-state index in [0.29, 0.717) is 18.5 Å². The topological polar surface area (TPSA) is 111 Å². The highest BCUT2D eigenvalue weighted by Crippen LogP contribution is 2.38. The van der Waals surface area contributed by atoms with Crippen molar-refractivity contribution in [2.24, 2.45) is 0 Å². The Morgan fingerprint density at radius 1 is 1.24 bits per heavy atom. The Balaban J connectivity index is 1.43. The molecule has 13 heteroatoms. The predicted octanol–water partition coefficient (Wildman–Crippen LogP) is 3.06. The number of sulfonamides is 1. The molecule has 1 amide bonds. The van der Waals surface area contributed by atoms with Gasteiger partial charge in [-0.3, -0.25) is 14.1 Å². The van der Waals surface area contributed by atoms with E-state index in [-0.39, 0.29) is 34.9 Å². The molecule has 1 atom stereocenters. The number of hydrogen-bond donors (Lipinski definition) is 0. The molecule has 0 bridgehead atoms. The molecule has 0 aromatic carbocycles. The van der Waals surface area contributed by atoms with Crippen LogP contribution in [0.3, 0.4) is 0 Å². The van der Waals surface area contributed by atoms with Crippen molar-refractivity contribution in [1.82, 2.24) is 24.4 Å². The van der Waals surface area contributed by atoms with Gasteiger partial charge in [0, 0.05) is 39.2 Å². The van der Waals surface area contributed by atoms with E-state index in [1.807, 2.05) is 0 Å². The van der Waals surface area contributed by atoms with Crippen molar-refractivity contribution in [3.05, 3.63) is 63.8 Å². The van der Waals surface area contributed by atoms with Gasteiger partial charge in [-0.15, -0.1) is 0 Å². The maximum Gasteiger partial charge on any atom is 0.261 e. The zero-order valence-electron chi connectivity index (χ0n) is 21.3. The van der Waals surface area contributed by atoms with Gasteiger partial charge in [0.05, 0.1) is 17.6 Å². The summed E-state index contributed by atoms with van der Waals surface area (Å²) in [6, 6.07) is 3.57. The molecule has 3 aromatic rings. The molecule has 0 fully saturated rings. The number of carbonyl (C=O) groups is 1. The largest absolute Gasteiger partial charge is 0.481 e. The van der Waals surface area contributed by atoms with Crippen molar-refractivity contribution >= 4 is 33.3 Å². The smallest absolute Gasteiger partial charge is 0.261 e. The normalized spacial score (nSPS) is 17.1. The minimum atomic E-state index is -3.52. The van der Waals surface area contributed by atoms with E-state index in [4.69, 9.17) is 21.3 Å². The van der Waals surface area contributed by atoms with Crippen LogP contribution < -0.4 is 9.04 Å². The lowest BCUT2D eigenvalue weighted by atomic mass is 9.97. The molecular formula is C25H28ClFN6O4S. The van der Waals surface area contributed by atoms with Gasteiger partial charge in [-0.05, 0) is 43.5 Å². The molecule has 2 aliphatic heterocycles. The second-order valence-electron chi connectivity index (χ2n) is 9.57. The highest BCUT2D eigenvalue weighted by Gasteiger charge is 2.39. The van der Waals surface area contributed by atoms with Crippen molar-refractivity contribution in [3.63, 3.8) is 0 Å². The van der Waals surface area contributed by atoms with Gasteiger partial charge in [0.25, 0.3) is 5.91 Å². The molecule has 0 N–H and O–H groups in total. The molecule has 5 rings (SSSR count). The average molecular weight is 563 g/mol. The quantitative estimate of drug-likeness (QED) is 0.425. The summed E-state index contributed by atoms with van der Waals surface area (Å²) in [6.07, 6.45) is 6.06. The molecule has 1 unspecified atom stereocenters. The van der Waals surface area contributed by atoms with Crippen LogP contribution in [0, 0.1) is 12.7 Å². The van der Waals surface area contributed by atoms with E-state index in [1.54, 1.807) is 18.0 Å². The Morgan fingerprint density at radius 2 is 2.03 bits per heavy atom. The van der Waals surface area contributed by atoms with Crippen LogP contribution in [0.5, 0.6) is 5.75 Å². The molecule has 3 aromatic heterocycles. The lowest BCUT2D eigenvalue weighted by molar-refractivity contribution is -0.135. The Kier molecular flexibility index (Phi) is 7.03. The maximum atomic E-state index is 15.3. The molecule has 0 spiro atoms. The number of imidazole rings is 1. The van der Waals surface area contributed by atoms with Gasteiger partial charge in [-0.2, -0.15) is 0 Å². The molecule has 0 radical (unpaired) electrons. The second kappa shape index (κ2) is 10.1. The molecule has 202 valence electrons. The van der Waals surface area contributed by atoms with Crippen LogP contribution in [0.4, 0.5) is 10.2 Å². The summed E-state index contributed by atoms with van der Waals surface area (Å²) in [7, 11) is -2.17. The zero-order chi connectivity index (χ0) is 27.2. The third kappa shape index (κ3) is 4.94. The Morgan fingerprint density at radius 3 is 2.74 bits per heavy atom. The molecular weight excluding hydrogens is 535 g/mol. The third-order valence-electron chi connectivity index (χ3n) is 6.91. The first kappa shape index (κ1) is 26.4. The van der Waals surface area contributed by atoms with E-state index in [9.17, 15) is 13.2 Å². The number of anilines is 1. The molecule has 38 heavy (non-hydrogen) atoms. The predicted molar refractivity (Wildman–Crippen MR) is 139 cm³/mol. The molecule has 0 saturated heterocycles. The number of amides is 1. The van der Waals surface area contributed by atoms with Crippen molar-refractivity contribution in [2.75, 3.05) is 30.8 Å². The summed E-state index contributed by atoms with van der Waals surface area (Å²) in [6.45, 7) is 2.48. The van der Waals surface area contributed by atoms with E-state index < -0.39 is 21.9 Å². The van der Waals surface area contributed by atoms with Gasteiger partial charge in [0.1, 0.15) is 29.2 Å². The highest BCUT2D eigenvalue weighted by molar-refractivity contribution is 7.92. The van der Waals surface area contributed by atoms with Crippen LogP contribution in [0.2, 0.25) is 5.15 Å². The number of fused-ring (bicyclic) bond motifs is 3. The van der Waals surface area contributed by atoms with Crippen molar-refractivity contribution in [2.45, 2.75) is 45.2 Å². The van der Waals surface area contributed by atoms with E-state index in [1.165, 1.54) is 25.2 Å². The summed E-state index contributed by atoms with van der Waals surface area (Å²) in [5, 5.41) is -0.0839. The van der Waals surface area contributed by atoms with E-state index in [0.717, 1.165) is 53.6 Å². The number of ether oxygens (including phenoxy) is 1. The van der Waals surface area contributed by atoms with Gasteiger partial charge in [-0.1, -0.05) is 11.6 Å². The Labute approximate surface area is 225 Å². The number of aryl methyl sites for hydroxylation is 2. The number of carbonyl (C=O) groups excluding carboxylic acids is 1. The van der Waals surface area contributed by atoms with Crippen LogP contribution in [0.15, 0.2) is 24.4 Å². The van der Waals surface area contributed by atoms with Gasteiger partial charge in [-0.25, -0.2) is 22.8 Å². The molecule has 0 saturated carbocycles. The zero-order valence-corrected chi connectivity index (χ0v) is 22.9. The SMILES string of the molecule is Cc1cnc(C2c3c(nc4n3CCCC4)CCN2C(=O)COc2ccc(N(C)S(C)(=O)=O)nc2Cl)c(F)c1. The van der Waals surface area contributed by atoms with Gasteiger partial charge in [0.15, 0.2) is 17.5 Å². The molecule has 5 heterocycles. The van der Waals surface area contributed by atoms with Crippen LogP contribution in [0.1, 0.15) is 47.4 Å².